The van der Waals surface area contributed by atoms with Gasteiger partial charge in [-0.25, -0.2) is 8.42 Å². The number of nitrogens with zero attached hydrogens (tertiary/aromatic N) is 1. The molecule has 140 valence electrons. The number of rotatable bonds is 3. The maximum atomic E-state index is 13.9. The smallest absolute Gasteiger partial charge is 0.368 e. The van der Waals surface area contributed by atoms with Gasteiger partial charge in [-0.1, -0.05) is 23.7 Å². The number of sulfone groups is 1. The minimum Gasteiger partial charge on any atom is -0.368 e. The monoisotopic (exact) mass is 404 g/mol. The van der Waals surface area contributed by atoms with Crippen molar-refractivity contribution in [1.29, 1.82) is 0 Å². The third-order valence-electron chi connectivity index (χ3n) is 4.14. The molecule has 1 aliphatic heterocycles. The molecule has 0 unspecified atom stereocenters. The van der Waals surface area contributed by atoms with Gasteiger partial charge in [-0.05, 0) is 30.3 Å². The molecule has 26 heavy (non-hydrogen) atoms. The van der Waals surface area contributed by atoms with Crippen molar-refractivity contribution in [1.82, 2.24) is 5.32 Å². The fourth-order valence-electron chi connectivity index (χ4n) is 2.96. The molecule has 0 bridgehead atoms. The average Bonchev–Trinajstić information content (AvgIpc) is 2.61. The van der Waals surface area contributed by atoms with Gasteiger partial charge in [0.2, 0.25) is 9.84 Å². The molecule has 0 atom stereocenters. The topological polar surface area (TPSA) is 49.4 Å². The van der Waals surface area contributed by atoms with Crippen LogP contribution in [-0.2, 0) is 16.0 Å². The molecule has 3 rings (SSSR count). The van der Waals surface area contributed by atoms with E-state index in [1.807, 2.05) is 0 Å². The highest BCUT2D eigenvalue weighted by molar-refractivity contribution is 7.91. The first kappa shape index (κ1) is 19.0. The van der Waals surface area contributed by atoms with E-state index in [0.717, 1.165) is 12.1 Å². The van der Waals surface area contributed by atoms with Gasteiger partial charge in [0.1, 0.15) is 0 Å². The van der Waals surface area contributed by atoms with E-state index in [4.69, 9.17) is 11.6 Å². The van der Waals surface area contributed by atoms with E-state index in [9.17, 15) is 21.6 Å². The molecule has 4 nitrogen and oxygen atoms in total. The molecule has 0 saturated carbocycles. The number of hydrogen-bond acceptors (Lipinski definition) is 4. The van der Waals surface area contributed by atoms with E-state index < -0.39 is 26.5 Å². The van der Waals surface area contributed by atoms with E-state index in [1.54, 1.807) is 4.90 Å². The SMILES string of the molecule is O=S(=O)(c1cccc(Cl)c1)c1cccc(N2CCNCC2)c1C(F)(F)F. The summed E-state index contributed by atoms with van der Waals surface area (Å²) in [7, 11) is -4.38. The summed E-state index contributed by atoms with van der Waals surface area (Å²) >= 11 is 5.82. The average molecular weight is 405 g/mol. The second kappa shape index (κ2) is 7.09. The molecule has 1 saturated heterocycles. The lowest BCUT2D eigenvalue weighted by Gasteiger charge is -2.32. The largest absolute Gasteiger partial charge is 0.419 e. The molecule has 1 aliphatic rings. The number of halogens is 4. The van der Waals surface area contributed by atoms with Gasteiger partial charge in [-0.2, -0.15) is 13.2 Å². The van der Waals surface area contributed by atoms with Crippen LogP contribution in [0.4, 0.5) is 18.9 Å². The Balaban J connectivity index is 2.21. The highest BCUT2D eigenvalue weighted by Crippen LogP contribution is 2.42. The van der Waals surface area contributed by atoms with E-state index in [0.29, 0.717) is 26.2 Å². The summed E-state index contributed by atoms with van der Waals surface area (Å²) in [5, 5.41) is 3.20. The molecule has 0 radical (unpaired) electrons. The summed E-state index contributed by atoms with van der Waals surface area (Å²) in [5.74, 6) is 0. The number of nitrogens with one attached hydrogen (secondary N) is 1. The molecular formula is C17H16ClF3N2O2S. The zero-order chi connectivity index (χ0) is 18.9. The Morgan fingerprint density at radius 3 is 2.31 bits per heavy atom. The minimum atomic E-state index is -4.82. The van der Waals surface area contributed by atoms with Gasteiger partial charge >= 0.3 is 6.18 Å². The van der Waals surface area contributed by atoms with Crippen LogP contribution in [-0.4, -0.2) is 34.6 Å². The summed E-state index contributed by atoms with van der Waals surface area (Å²) in [6.45, 7) is 1.79. The Hall–Kier alpha value is -1.77. The zero-order valence-corrected chi connectivity index (χ0v) is 15.1. The van der Waals surface area contributed by atoms with E-state index in [1.165, 1.54) is 30.3 Å². The van der Waals surface area contributed by atoms with Crippen LogP contribution in [0, 0.1) is 0 Å². The lowest BCUT2D eigenvalue weighted by Crippen LogP contribution is -2.44. The van der Waals surface area contributed by atoms with Crippen molar-refractivity contribution in [3.8, 4) is 0 Å². The first-order valence-corrected chi connectivity index (χ1v) is 9.74. The molecule has 2 aromatic carbocycles. The van der Waals surface area contributed by atoms with Crippen molar-refractivity contribution in [3.63, 3.8) is 0 Å². The van der Waals surface area contributed by atoms with Crippen LogP contribution in [0.1, 0.15) is 5.56 Å². The van der Waals surface area contributed by atoms with Gasteiger partial charge < -0.3 is 10.2 Å². The van der Waals surface area contributed by atoms with Crippen molar-refractivity contribution in [2.24, 2.45) is 0 Å². The lowest BCUT2D eigenvalue weighted by molar-refractivity contribution is -0.139. The Bertz CT molecular complexity index is 910. The number of anilines is 1. The normalized spacial score (nSPS) is 15.9. The van der Waals surface area contributed by atoms with Crippen LogP contribution in [0.25, 0.3) is 0 Å². The predicted octanol–water partition coefficient (Wildman–Crippen LogP) is 3.60. The maximum Gasteiger partial charge on any atom is 0.419 e. The molecule has 0 aliphatic carbocycles. The van der Waals surface area contributed by atoms with Gasteiger partial charge in [0.05, 0.1) is 21.0 Å². The van der Waals surface area contributed by atoms with Gasteiger partial charge in [0.25, 0.3) is 0 Å². The van der Waals surface area contributed by atoms with Crippen molar-refractivity contribution in [2.75, 3.05) is 31.1 Å². The Kier molecular flexibility index (Phi) is 5.18. The Morgan fingerprint density at radius 1 is 1.04 bits per heavy atom. The van der Waals surface area contributed by atoms with Gasteiger partial charge in [-0.3, -0.25) is 0 Å². The molecule has 1 heterocycles. The van der Waals surface area contributed by atoms with Crippen LogP contribution in [0.3, 0.4) is 0 Å². The van der Waals surface area contributed by atoms with Crippen LogP contribution in [0.15, 0.2) is 52.3 Å². The lowest BCUT2D eigenvalue weighted by atomic mass is 10.1. The predicted molar refractivity (Wildman–Crippen MR) is 93.4 cm³/mol. The Labute approximate surface area is 154 Å². The summed E-state index contributed by atoms with van der Waals surface area (Å²) < 4.78 is 67.4. The second-order valence-electron chi connectivity index (χ2n) is 5.85. The zero-order valence-electron chi connectivity index (χ0n) is 13.6. The summed E-state index contributed by atoms with van der Waals surface area (Å²) in [4.78, 5) is 0.521. The third-order valence-corrected chi connectivity index (χ3v) is 6.17. The fraction of sp³-hybridized carbons (Fsp3) is 0.294. The van der Waals surface area contributed by atoms with Gasteiger partial charge in [0, 0.05) is 31.2 Å². The first-order chi connectivity index (χ1) is 12.2. The summed E-state index contributed by atoms with van der Waals surface area (Å²) in [6, 6.07) is 8.87. The van der Waals surface area contributed by atoms with E-state index in [2.05, 4.69) is 5.32 Å². The number of alkyl halides is 3. The quantitative estimate of drug-likeness (QED) is 0.849. The summed E-state index contributed by atoms with van der Waals surface area (Å²) in [5.41, 5.74) is -1.26. The third kappa shape index (κ3) is 3.67. The Morgan fingerprint density at radius 2 is 1.69 bits per heavy atom. The fourth-order valence-corrected chi connectivity index (χ4v) is 4.75. The first-order valence-electron chi connectivity index (χ1n) is 7.88. The molecule has 0 spiro atoms. The molecule has 1 fully saturated rings. The number of benzene rings is 2. The molecule has 9 heteroatoms. The van der Waals surface area contributed by atoms with Crippen molar-refractivity contribution in [2.45, 2.75) is 16.0 Å². The highest BCUT2D eigenvalue weighted by Gasteiger charge is 2.41. The number of hydrogen-bond donors (Lipinski definition) is 1. The van der Waals surface area contributed by atoms with Gasteiger partial charge in [0.15, 0.2) is 0 Å². The van der Waals surface area contributed by atoms with E-state index in [-0.39, 0.29) is 15.6 Å². The minimum absolute atomic E-state index is 0.123. The van der Waals surface area contributed by atoms with Crippen molar-refractivity contribution < 1.29 is 21.6 Å². The summed E-state index contributed by atoms with van der Waals surface area (Å²) in [6.07, 6.45) is -4.82. The maximum absolute atomic E-state index is 13.9. The van der Waals surface area contributed by atoms with Crippen LogP contribution in [0.2, 0.25) is 5.02 Å². The van der Waals surface area contributed by atoms with Crippen molar-refractivity contribution >= 4 is 27.1 Å². The second-order valence-corrected chi connectivity index (χ2v) is 8.20. The molecule has 1 N–H and O–H groups in total. The van der Waals surface area contributed by atoms with Crippen molar-refractivity contribution in [3.05, 3.63) is 53.1 Å². The molecule has 0 aromatic heterocycles. The van der Waals surface area contributed by atoms with Gasteiger partial charge in [-0.15, -0.1) is 0 Å². The molecule has 0 amide bonds. The molecule has 2 aromatic rings. The molecular weight excluding hydrogens is 389 g/mol. The standard InChI is InChI=1S/C17H16ClF3N2O2S/c18-12-3-1-4-13(11-12)26(24,25)15-6-2-5-14(16(15)17(19,20)21)23-9-7-22-8-10-23/h1-6,11,22H,7-10H2. The van der Waals surface area contributed by atoms with Crippen LogP contribution < -0.4 is 10.2 Å². The highest BCUT2D eigenvalue weighted by atomic mass is 35.5. The van der Waals surface area contributed by atoms with E-state index >= 15 is 0 Å². The van der Waals surface area contributed by atoms with Crippen LogP contribution >= 0.6 is 11.6 Å². The van der Waals surface area contributed by atoms with Crippen LogP contribution in [0.5, 0.6) is 0 Å². The number of piperazine rings is 1.